The predicted octanol–water partition coefficient (Wildman–Crippen LogP) is 4.57. The number of imide groups is 2. The minimum Gasteiger partial charge on any atom is -0.508 e. The molecule has 38 heavy (non-hydrogen) atoms. The van der Waals surface area contributed by atoms with E-state index < -0.39 is 64.5 Å². The van der Waals surface area contributed by atoms with Crippen molar-refractivity contribution in [2.24, 2.45) is 29.1 Å². The molecule has 6 rings (SSSR count). The first-order valence-corrected chi connectivity index (χ1v) is 13.2. The van der Waals surface area contributed by atoms with Crippen molar-refractivity contribution in [1.82, 2.24) is 5.06 Å². The molecular formula is C27H21BrClFN2O6. The zero-order valence-electron chi connectivity index (χ0n) is 19.9. The average Bonchev–Trinajstić information content (AvgIpc) is 3.22. The van der Waals surface area contributed by atoms with Crippen LogP contribution in [0, 0.1) is 34.9 Å². The number of benzene rings is 2. The number of allylic oxidation sites excluding steroid dienone is 2. The number of hydroxylamine groups is 2. The number of anilines is 1. The van der Waals surface area contributed by atoms with Crippen LogP contribution < -0.4 is 4.90 Å². The Morgan fingerprint density at radius 1 is 1.05 bits per heavy atom. The first-order valence-electron chi connectivity index (χ1n) is 12.0. The SMILES string of the molecule is C[C@@]12C(=O)N(c3ccc(F)c(Cl)c3)C(=O)[C@@H]1C[C@@H]1C(=CC[C@@H]3C(=O)N(O)C(=O)[C@@H]31)[C@@H]2c1cc(Br)ccc1O. The highest BCUT2D eigenvalue weighted by Crippen LogP contribution is 2.64. The summed E-state index contributed by atoms with van der Waals surface area (Å²) in [5, 5.41) is 21.0. The van der Waals surface area contributed by atoms with E-state index in [1.165, 1.54) is 18.2 Å². The first-order chi connectivity index (χ1) is 18.0. The lowest BCUT2D eigenvalue weighted by Gasteiger charge is -2.49. The number of carbonyl (C=O) groups is 4. The van der Waals surface area contributed by atoms with Crippen molar-refractivity contribution >= 4 is 56.8 Å². The van der Waals surface area contributed by atoms with E-state index in [2.05, 4.69) is 15.9 Å². The van der Waals surface area contributed by atoms with E-state index in [4.69, 9.17) is 11.6 Å². The molecule has 2 saturated heterocycles. The standard InChI is InChI=1S/C27H21BrClFN2O6/c1-27-17(24(35)31(26(27)37)12-3-6-19(30)18(29)9-12)10-15-13(22(27)16-8-11(28)2-7-20(16)33)4-5-14-21(15)25(36)32(38)23(14)34/h2-4,6-9,14-15,17,21-22,33,38H,5,10H2,1H3/t14-,15+,17-,21-,22+,27+/m0/s1. The smallest absolute Gasteiger partial charge is 0.257 e. The number of phenolic OH excluding ortho intramolecular Hbond substituents is 1. The minimum absolute atomic E-state index is 0.0810. The highest BCUT2D eigenvalue weighted by molar-refractivity contribution is 9.10. The Morgan fingerprint density at radius 3 is 2.50 bits per heavy atom. The monoisotopic (exact) mass is 602 g/mol. The van der Waals surface area contributed by atoms with Gasteiger partial charge in [-0.15, -0.1) is 0 Å². The van der Waals surface area contributed by atoms with Crippen LogP contribution in [0.25, 0.3) is 0 Å². The molecule has 2 aliphatic carbocycles. The van der Waals surface area contributed by atoms with Crippen LogP contribution >= 0.6 is 27.5 Å². The van der Waals surface area contributed by atoms with Gasteiger partial charge in [0.2, 0.25) is 11.8 Å². The van der Waals surface area contributed by atoms with Crippen molar-refractivity contribution in [3.05, 3.63) is 68.9 Å². The van der Waals surface area contributed by atoms with Crippen LogP contribution in [0.3, 0.4) is 0 Å². The quantitative estimate of drug-likeness (QED) is 0.295. The van der Waals surface area contributed by atoms with Gasteiger partial charge >= 0.3 is 0 Å². The van der Waals surface area contributed by atoms with E-state index in [0.717, 1.165) is 11.0 Å². The van der Waals surface area contributed by atoms with Gasteiger partial charge in [-0.3, -0.25) is 24.4 Å². The summed E-state index contributed by atoms with van der Waals surface area (Å²) in [5.74, 6) is -7.37. The summed E-state index contributed by atoms with van der Waals surface area (Å²) in [6, 6.07) is 8.38. The van der Waals surface area contributed by atoms with Gasteiger partial charge in [0, 0.05) is 16.0 Å². The largest absolute Gasteiger partial charge is 0.508 e. The van der Waals surface area contributed by atoms with Crippen LogP contribution in [0.15, 0.2) is 52.5 Å². The number of nitrogens with zero attached hydrogens (tertiary/aromatic N) is 2. The van der Waals surface area contributed by atoms with Crippen molar-refractivity contribution in [1.29, 1.82) is 0 Å². The Balaban J connectivity index is 1.56. The van der Waals surface area contributed by atoms with Crippen LogP contribution in [-0.4, -0.2) is 39.0 Å². The minimum atomic E-state index is -1.38. The van der Waals surface area contributed by atoms with E-state index in [-0.39, 0.29) is 34.4 Å². The van der Waals surface area contributed by atoms with Crippen molar-refractivity contribution in [3.8, 4) is 5.75 Å². The van der Waals surface area contributed by atoms with Gasteiger partial charge in [0.1, 0.15) is 11.6 Å². The third-order valence-electron chi connectivity index (χ3n) is 8.71. The van der Waals surface area contributed by atoms with Crippen molar-refractivity contribution in [2.75, 3.05) is 4.90 Å². The molecule has 1 saturated carbocycles. The van der Waals surface area contributed by atoms with E-state index >= 15 is 0 Å². The Labute approximate surface area is 229 Å². The number of amides is 4. The summed E-state index contributed by atoms with van der Waals surface area (Å²) in [7, 11) is 0. The predicted molar refractivity (Wildman–Crippen MR) is 135 cm³/mol. The molecule has 0 bridgehead atoms. The van der Waals surface area contributed by atoms with Crippen LogP contribution in [0.4, 0.5) is 10.1 Å². The molecule has 2 aliphatic heterocycles. The third-order valence-corrected chi connectivity index (χ3v) is 9.50. The van der Waals surface area contributed by atoms with Crippen LogP contribution in [0.1, 0.15) is 31.2 Å². The number of hydrogen-bond donors (Lipinski definition) is 2. The van der Waals surface area contributed by atoms with Gasteiger partial charge in [-0.05, 0) is 62.1 Å². The van der Waals surface area contributed by atoms with Crippen molar-refractivity contribution in [2.45, 2.75) is 25.7 Å². The highest BCUT2D eigenvalue weighted by atomic mass is 79.9. The fourth-order valence-electron chi connectivity index (χ4n) is 6.97. The summed E-state index contributed by atoms with van der Waals surface area (Å²) < 4.78 is 14.5. The second-order valence-electron chi connectivity index (χ2n) is 10.5. The molecule has 0 radical (unpaired) electrons. The summed E-state index contributed by atoms with van der Waals surface area (Å²) in [6.07, 6.45) is 2.05. The van der Waals surface area contributed by atoms with Gasteiger partial charge in [0.25, 0.3) is 11.8 Å². The van der Waals surface area contributed by atoms with Gasteiger partial charge in [0.05, 0.1) is 33.9 Å². The number of fused-ring (bicyclic) bond motifs is 4. The fraction of sp³-hybridized carbons (Fsp3) is 0.333. The Bertz CT molecular complexity index is 1500. The van der Waals surface area contributed by atoms with Gasteiger partial charge in [-0.25, -0.2) is 9.29 Å². The maximum Gasteiger partial charge on any atom is 0.257 e. The molecule has 3 fully saturated rings. The Hall–Kier alpha value is -3.08. The lowest BCUT2D eigenvalue weighted by atomic mass is 9.51. The molecule has 2 N–H and O–H groups in total. The highest BCUT2D eigenvalue weighted by Gasteiger charge is 2.68. The Kier molecular flexibility index (Phi) is 5.61. The molecule has 8 nitrogen and oxygen atoms in total. The first kappa shape index (κ1) is 25.2. The second-order valence-corrected chi connectivity index (χ2v) is 11.8. The number of phenols is 1. The zero-order valence-corrected chi connectivity index (χ0v) is 22.2. The number of aromatic hydroxyl groups is 1. The van der Waals surface area contributed by atoms with Gasteiger partial charge < -0.3 is 5.11 Å². The average molecular weight is 604 g/mol. The van der Waals surface area contributed by atoms with E-state index in [9.17, 15) is 33.9 Å². The number of rotatable bonds is 2. The van der Waals surface area contributed by atoms with Crippen molar-refractivity contribution in [3.63, 3.8) is 0 Å². The maximum absolute atomic E-state index is 14.2. The molecule has 11 heteroatoms. The molecule has 4 aliphatic rings. The molecule has 2 aromatic rings. The Morgan fingerprint density at radius 2 is 1.79 bits per heavy atom. The summed E-state index contributed by atoms with van der Waals surface area (Å²) >= 11 is 9.39. The lowest BCUT2D eigenvalue weighted by molar-refractivity contribution is -0.173. The van der Waals surface area contributed by atoms with E-state index in [0.29, 0.717) is 15.6 Å². The van der Waals surface area contributed by atoms with Crippen LogP contribution in [0.5, 0.6) is 5.75 Å². The number of halogens is 3. The fourth-order valence-corrected chi connectivity index (χ4v) is 7.52. The lowest BCUT2D eigenvalue weighted by Crippen LogP contribution is -2.48. The number of hydrogen-bond acceptors (Lipinski definition) is 6. The molecule has 0 spiro atoms. The third kappa shape index (κ3) is 3.23. The number of carbonyl (C=O) groups excluding carboxylic acids is 4. The van der Waals surface area contributed by atoms with E-state index in [1.54, 1.807) is 25.1 Å². The maximum atomic E-state index is 14.2. The molecular weight excluding hydrogens is 583 g/mol. The molecule has 2 aromatic carbocycles. The van der Waals surface area contributed by atoms with Gasteiger partial charge in [-0.1, -0.05) is 39.2 Å². The molecule has 0 aromatic heterocycles. The van der Waals surface area contributed by atoms with E-state index in [1.807, 2.05) is 0 Å². The molecule has 0 unspecified atom stereocenters. The van der Waals surface area contributed by atoms with Crippen LogP contribution in [-0.2, 0) is 19.2 Å². The topological polar surface area (TPSA) is 115 Å². The molecule has 4 amide bonds. The van der Waals surface area contributed by atoms with Crippen molar-refractivity contribution < 1.29 is 33.9 Å². The summed E-state index contributed by atoms with van der Waals surface area (Å²) in [4.78, 5) is 54.7. The normalized spacial score (nSPS) is 32.3. The zero-order chi connectivity index (χ0) is 27.3. The molecule has 2 heterocycles. The molecule has 196 valence electrons. The second kappa shape index (κ2) is 8.46. The van der Waals surface area contributed by atoms with Gasteiger partial charge in [-0.2, -0.15) is 5.06 Å². The molecule has 6 atom stereocenters. The van der Waals surface area contributed by atoms with Gasteiger partial charge in [0.15, 0.2) is 0 Å². The summed E-state index contributed by atoms with van der Waals surface area (Å²) in [6.45, 7) is 1.66. The summed E-state index contributed by atoms with van der Waals surface area (Å²) in [5.41, 5.74) is -0.215. The van der Waals surface area contributed by atoms with Crippen LogP contribution in [0.2, 0.25) is 5.02 Å².